The molecule has 140 valence electrons. The second-order valence-electron chi connectivity index (χ2n) is 7.36. The summed E-state index contributed by atoms with van der Waals surface area (Å²) >= 11 is 0. The molecule has 2 amide bonds. The van der Waals surface area contributed by atoms with Crippen LogP contribution in [0.25, 0.3) is 0 Å². The van der Waals surface area contributed by atoms with Gasteiger partial charge in [-0.15, -0.1) is 0 Å². The smallest absolute Gasteiger partial charge is 0.410 e. The summed E-state index contributed by atoms with van der Waals surface area (Å²) in [5.74, 6) is 0.280. The Labute approximate surface area is 159 Å². The lowest BCUT2D eigenvalue weighted by Gasteiger charge is -2.40. The minimum Gasteiger partial charge on any atom is -0.445 e. The van der Waals surface area contributed by atoms with Gasteiger partial charge in [0, 0.05) is 25.6 Å². The van der Waals surface area contributed by atoms with Crippen LogP contribution in [-0.4, -0.2) is 36.5 Å². The largest absolute Gasteiger partial charge is 0.445 e. The molecule has 1 spiro atoms. The summed E-state index contributed by atoms with van der Waals surface area (Å²) in [5, 5.41) is 3.05. The number of amides is 2. The molecule has 0 aliphatic carbocycles. The maximum Gasteiger partial charge on any atom is 0.410 e. The van der Waals surface area contributed by atoms with Crippen LogP contribution in [0, 0.1) is 5.41 Å². The van der Waals surface area contributed by atoms with Crippen molar-refractivity contribution in [3.8, 4) is 0 Å². The molecule has 2 heterocycles. The number of piperidine rings is 1. The van der Waals surface area contributed by atoms with Gasteiger partial charge in [0.25, 0.3) is 0 Å². The number of hydrogen-bond acceptors (Lipinski definition) is 3. The zero-order valence-electron chi connectivity index (χ0n) is 15.3. The first-order chi connectivity index (χ1) is 13.2. The molecule has 1 atom stereocenters. The first-order valence-corrected chi connectivity index (χ1v) is 9.48. The Bertz CT molecular complexity index is 799. The molecule has 0 saturated carbocycles. The SMILES string of the molecule is O=C(OCc1ccccc1)N1CCC2(CC1)C(=O)NC[C@H]2c1ccccc1. The second-order valence-corrected chi connectivity index (χ2v) is 7.36. The summed E-state index contributed by atoms with van der Waals surface area (Å²) in [5.41, 5.74) is 1.74. The molecule has 2 saturated heterocycles. The Morgan fingerprint density at radius 1 is 1.04 bits per heavy atom. The Hall–Kier alpha value is -2.82. The predicted molar refractivity (Wildman–Crippen MR) is 102 cm³/mol. The van der Waals surface area contributed by atoms with E-state index in [0.29, 0.717) is 32.5 Å². The van der Waals surface area contributed by atoms with Gasteiger partial charge in [0.05, 0.1) is 5.41 Å². The number of benzene rings is 2. The minimum absolute atomic E-state index is 0.119. The summed E-state index contributed by atoms with van der Waals surface area (Å²) in [6.45, 7) is 2.03. The van der Waals surface area contributed by atoms with E-state index in [9.17, 15) is 9.59 Å². The molecular weight excluding hydrogens is 340 g/mol. The van der Waals surface area contributed by atoms with Crippen molar-refractivity contribution in [2.24, 2.45) is 5.41 Å². The molecule has 2 aromatic rings. The first-order valence-electron chi connectivity index (χ1n) is 9.48. The van der Waals surface area contributed by atoms with E-state index in [4.69, 9.17) is 4.74 Å². The number of nitrogens with one attached hydrogen (secondary N) is 1. The Morgan fingerprint density at radius 2 is 1.67 bits per heavy atom. The molecule has 2 fully saturated rings. The fraction of sp³-hybridized carbons (Fsp3) is 0.364. The van der Waals surface area contributed by atoms with Gasteiger partial charge < -0.3 is 15.0 Å². The molecule has 0 radical (unpaired) electrons. The van der Waals surface area contributed by atoms with Crippen LogP contribution < -0.4 is 5.32 Å². The summed E-state index contributed by atoms with van der Waals surface area (Å²) in [7, 11) is 0. The van der Waals surface area contributed by atoms with Gasteiger partial charge in [-0.05, 0) is 24.0 Å². The number of carbonyl (C=O) groups is 2. The van der Waals surface area contributed by atoms with Gasteiger partial charge in [-0.2, -0.15) is 0 Å². The Balaban J connectivity index is 1.40. The standard InChI is InChI=1S/C22H24N2O3/c25-20-22(19(15-23-20)18-9-5-2-6-10-18)11-13-24(14-12-22)21(26)27-16-17-7-3-1-4-8-17/h1-10,19H,11-16H2,(H,23,25)/t19-/m0/s1. The van der Waals surface area contributed by atoms with Crippen LogP contribution >= 0.6 is 0 Å². The topological polar surface area (TPSA) is 58.6 Å². The zero-order chi connectivity index (χ0) is 18.7. The van der Waals surface area contributed by atoms with E-state index in [1.807, 2.05) is 48.5 Å². The maximum atomic E-state index is 12.7. The van der Waals surface area contributed by atoms with Crippen molar-refractivity contribution in [1.82, 2.24) is 10.2 Å². The van der Waals surface area contributed by atoms with Crippen LogP contribution in [0.4, 0.5) is 4.79 Å². The highest BCUT2D eigenvalue weighted by Crippen LogP contribution is 2.47. The normalized spacial score (nSPS) is 21.1. The van der Waals surface area contributed by atoms with E-state index in [-0.39, 0.29) is 24.5 Å². The molecule has 0 aromatic heterocycles. The van der Waals surface area contributed by atoms with Crippen molar-refractivity contribution in [3.63, 3.8) is 0 Å². The summed E-state index contributed by atoms with van der Waals surface area (Å²) in [6.07, 6.45) is 1.03. The highest BCUT2D eigenvalue weighted by Gasteiger charge is 2.52. The molecule has 5 nitrogen and oxygen atoms in total. The van der Waals surface area contributed by atoms with Crippen LogP contribution in [0.15, 0.2) is 60.7 Å². The van der Waals surface area contributed by atoms with Crippen LogP contribution in [0.5, 0.6) is 0 Å². The van der Waals surface area contributed by atoms with E-state index < -0.39 is 5.41 Å². The molecule has 1 N–H and O–H groups in total. The number of carbonyl (C=O) groups excluding carboxylic acids is 2. The lowest BCUT2D eigenvalue weighted by atomic mass is 9.68. The lowest BCUT2D eigenvalue weighted by Crippen LogP contribution is -2.48. The van der Waals surface area contributed by atoms with Gasteiger partial charge in [-0.3, -0.25) is 4.79 Å². The summed E-state index contributed by atoms with van der Waals surface area (Å²) in [6, 6.07) is 19.9. The van der Waals surface area contributed by atoms with Crippen molar-refractivity contribution in [1.29, 1.82) is 0 Å². The van der Waals surface area contributed by atoms with Crippen LogP contribution in [0.3, 0.4) is 0 Å². The Morgan fingerprint density at radius 3 is 2.33 bits per heavy atom. The summed E-state index contributed by atoms with van der Waals surface area (Å²) in [4.78, 5) is 26.8. The van der Waals surface area contributed by atoms with E-state index in [1.54, 1.807) is 4.90 Å². The van der Waals surface area contributed by atoms with Crippen molar-refractivity contribution < 1.29 is 14.3 Å². The quantitative estimate of drug-likeness (QED) is 0.909. The van der Waals surface area contributed by atoms with Crippen molar-refractivity contribution in [3.05, 3.63) is 71.8 Å². The van der Waals surface area contributed by atoms with Crippen LogP contribution in [-0.2, 0) is 16.1 Å². The minimum atomic E-state index is -0.419. The summed E-state index contributed by atoms with van der Waals surface area (Å²) < 4.78 is 5.44. The molecule has 2 aromatic carbocycles. The van der Waals surface area contributed by atoms with Gasteiger partial charge in [-0.25, -0.2) is 4.79 Å². The highest BCUT2D eigenvalue weighted by atomic mass is 16.6. The first kappa shape index (κ1) is 17.6. The van der Waals surface area contributed by atoms with Gasteiger partial charge in [0.15, 0.2) is 0 Å². The number of rotatable bonds is 3. The van der Waals surface area contributed by atoms with E-state index in [0.717, 1.165) is 5.56 Å². The average Bonchev–Trinajstić information content (AvgIpc) is 3.04. The van der Waals surface area contributed by atoms with Crippen LogP contribution in [0.2, 0.25) is 0 Å². The van der Waals surface area contributed by atoms with E-state index in [2.05, 4.69) is 17.4 Å². The predicted octanol–water partition coefficient (Wildman–Crippen LogP) is 3.32. The van der Waals surface area contributed by atoms with Gasteiger partial charge in [0.1, 0.15) is 6.61 Å². The number of nitrogens with zero attached hydrogens (tertiary/aromatic N) is 1. The third kappa shape index (κ3) is 3.42. The van der Waals surface area contributed by atoms with Crippen molar-refractivity contribution in [2.45, 2.75) is 25.4 Å². The lowest BCUT2D eigenvalue weighted by molar-refractivity contribution is -0.130. The maximum absolute atomic E-state index is 12.7. The van der Waals surface area contributed by atoms with E-state index >= 15 is 0 Å². The molecule has 0 unspecified atom stereocenters. The van der Waals surface area contributed by atoms with Crippen molar-refractivity contribution in [2.75, 3.05) is 19.6 Å². The van der Waals surface area contributed by atoms with Crippen LogP contribution in [0.1, 0.15) is 29.9 Å². The zero-order valence-corrected chi connectivity index (χ0v) is 15.3. The van der Waals surface area contributed by atoms with Crippen molar-refractivity contribution >= 4 is 12.0 Å². The fourth-order valence-corrected chi connectivity index (χ4v) is 4.32. The number of likely N-dealkylation sites (tertiary alicyclic amines) is 1. The fourth-order valence-electron chi connectivity index (χ4n) is 4.32. The van der Waals surface area contributed by atoms with Gasteiger partial charge in [-0.1, -0.05) is 60.7 Å². The average molecular weight is 364 g/mol. The molecule has 2 aliphatic heterocycles. The van der Waals surface area contributed by atoms with Gasteiger partial charge in [0.2, 0.25) is 5.91 Å². The monoisotopic (exact) mass is 364 g/mol. The highest BCUT2D eigenvalue weighted by molar-refractivity contribution is 5.87. The molecule has 0 bridgehead atoms. The molecule has 2 aliphatic rings. The third-order valence-electron chi connectivity index (χ3n) is 5.91. The molecular formula is C22H24N2O3. The molecule has 5 heteroatoms. The molecule has 4 rings (SSSR count). The third-order valence-corrected chi connectivity index (χ3v) is 5.91. The Kier molecular flexibility index (Phi) is 4.84. The van der Waals surface area contributed by atoms with E-state index in [1.165, 1.54) is 5.56 Å². The second kappa shape index (κ2) is 7.43. The number of hydrogen-bond donors (Lipinski definition) is 1. The van der Waals surface area contributed by atoms with Gasteiger partial charge >= 0.3 is 6.09 Å². The molecule has 27 heavy (non-hydrogen) atoms. The number of ether oxygens (including phenoxy) is 1.